The van der Waals surface area contributed by atoms with E-state index in [1.165, 1.54) is 21.5 Å². The fourth-order valence-corrected chi connectivity index (χ4v) is 6.77. The lowest BCUT2D eigenvalue weighted by molar-refractivity contribution is 1.10. The summed E-state index contributed by atoms with van der Waals surface area (Å²) in [5.41, 5.74) is 9.90. The highest BCUT2D eigenvalue weighted by Gasteiger charge is 2.16. The van der Waals surface area contributed by atoms with Gasteiger partial charge in [0, 0.05) is 28.3 Å². The predicted molar refractivity (Wildman–Crippen MR) is 202 cm³/mol. The first-order valence-electron chi connectivity index (χ1n) is 16.3. The lowest BCUT2D eigenvalue weighted by atomic mass is 10.0. The monoisotopic (exact) mass is 613 g/mol. The molecule has 0 unspecified atom stereocenters. The Morgan fingerprint density at radius 1 is 0.375 bits per heavy atom. The van der Waals surface area contributed by atoms with Gasteiger partial charge in [-0.05, 0) is 93.3 Å². The van der Waals surface area contributed by atoms with Crippen LogP contribution in [0, 0.1) is 0 Å². The fourth-order valence-electron chi connectivity index (χ4n) is 6.77. The van der Waals surface area contributed by atoms with Gasteiger partial charge < -0.3 is 4.90 Å². The Balaban J connectivity index is 1.13. The first-order valence-corrected chi connectivity index (χ1v) is 16.3. The van der Waals surface area contributed by atoms with Crippen molar-refractivity contribution >= 4 is 49.6 Å². The van der Waals surface area contributed by atoms with Gasteiger partial charge in [-0.1, -0.05) is 127 Å². The van der Waals surface area contributed by atoms with Crippen LogP contribution in [0.3, 0.4) is 0 Å². The minimum absolute atomic E-state index is 0.936. The Kier molecular flexibility index (Phi) is 6.80. The normalized spacial score (nSPS) is 11.3. The Morgan fingerprint density at radius 3 is 1.62 bits per heavy atom. The van der Waals surface area contributed by atoms with Crippen LogP contribution in [0.25, 0.3) is 60.8 Å². The van der Waals surface area contributed by atoms with Crippen LogP contribution >= 0.6 is 0 Å². The molecule has 0 atom stereocenters. The molecule has 3 heteroatoms. The molecule has 1 aromatic heterocycles. The summed E-state index contributed by atoms with van der Waals surface area (Å²) in [6.07, 6.45) is 0. The number of nitrogens with zero attached hydrogens (tertiary/aromatic N) is 3. The first kappa shape index (κ1) is 27.8. The second-order valence-corrected chi connectivity index (χ2v) is 12.1. The van der Waals surface area contributed by atoms with Crippen LogP contribution in [0.1, 0.15) is 0 Å². The van der Waals surface area contributed by atoms with Crippen LogP contribution in [-0.2, 0) is 0 Å². The SMILES string of the molecule is c1ccc(-c2nc3ccccc3n2-c2cccc(-c3ccc(N(c4ccc5ccccc5c4)c4ccc5ccccc5c4)cc3)c2)cc1. The van der Waals surface area contributed by atoms with Crippen LogP contribution in [0.4, 0.5) is 17.1 Å². The average molecular weight is 614 g/mol. The predicted octanol–water partition coefficient (Wildman–Crippen LogP) is 12.1. The van der Waals surface area contributed by atoms with Crippen LogP contribution < -0.4 is 4.90 Å². The van der Waals surface area contributed by atoms with Crippen molar-refractivity contribution in [3.8, 4) is 28.2 Å². The molecular weight excluding hydrogens is 583 g/mol. The minimum atomic E-state index is 0.936. The molecular formula is C45H31N3. The van der Waals surface area contributed by atoms with E-state index in [0.29, 0.717) is 0 Å². The Hall–Kier alpha value is -6.45. The second kappa shape index (κ2) is 11.7. The van der Waals surface area contributed by atoms with E-state index in [1.807, 2.05) is 12.1 Å². The molecule has 0 aliphatic heterocycles. The summed E-state index contributed by atoms with van der Waals surface area (Å²) < 4.78 is 2.27. The van der Waals surface area contributed by atoms with Crippen molar-refractivity contribution in [3.63, 3.8) is 0 Å². The van der Waals surface area contributed by atoms with Crippen molar-refractivity contribution in [2.45, 2.75) is 0 Å². The van der Waals surface area contributed by atoms with E-state index in [4.69, 9.17) is 4.98 Å². The van der Waals surface area contributed by atoms with Crippen molar-refractivity contribution in [1.29, 1.82) is 0 Å². The quantitative estimate of drug-likeness (QED) is 0.186. The molecule has 3 nitrogen and oxygen atoms in total. The summed E-state index contributed by atoms with van der Waals surface area (Å²) in [6, 6.07) is 66.9. The number of imidazole rings is 1. The maximum Gasteiger partial charge on any atom is 0.145 e. The molecule has 9 aromatic rings. The zero-order chi connectivity index (χ0) is 31.9. The third kappa shape index (κ3) is 4.99. The van der Waals surface area contributed by atoms with Crippen molar-refractivity contribution in [2.75, 3.05) is 4.90 Å². The zero-order valence-corrected chi connectivity index (χ0v) is 26.2. The highest BCUT2D eigenvalue weighted by Crippen LogP contribution is 2.39. The summed E-state index contributed by atoms with van der Waals surface area (Å²) in [4.78, 5) is 7.40. The molecule has 0 saturated heterocycles. The lowest BCUT2D eigenvalue weighted by Gasteiger charge is -2.26. The van der Waals surface area contributed by atoms with Gasteiger partial charge in [0.2, 0.25) is 0 Å². The van der Waals surface area contributed by atoms with Crippen molar-refractivity contribution in [1.82, 2.24) is 9.55 Å². The van der Waals surface area contributed by atoms with Gasteiger partial charge in [0.1, 0.15) is 5.82 Å². The standard InChI is InChI=1S/C45H31N3/c1-2-13-35(14-3-1)45-46-43-19-8-9-20-44(43)48(45)40-18-10-17-38(29-40)34-21-25-39(26-22-34)47(41-27-23-32-11-4-6-15-36(32)30-41)42-28-24-33-12-5-7-16-37(33)31-42/h1-31H. The molecule has 0 amide bonds. The Bertz CT molecular complexity index is 2480. The minimum Gasteiger partial charge on any atom is -0.310 e. The van der Waals surface area contributed by atoms with Gasteiger partial charge >= 0.3 is 0 Å². The molecule has 0 fully saturated rings. The Labute approximate surface area is 279 Å². The summed E-state index contributed by atoms with van der Waals surface area (Å²) in [6.45, 7) is 0. The molecule has 8 aromatic carbocycles. The lowest BCUT2D eigenvalue weighted by Crippen LogP contribution is -2.09. The third-order valence-electron chi connectivity index (χ3n) is 9.14. The number of aromatic nitrogens is 2. The molecule has 0 aliphatic rings. The topological polar surface area (TPSA) is 21.1 Å². The number of rotatable bonds is 6. The summed E-state index contributed by atoms with van der Waals surface area (Å²) >= 11 is 0. The molecule has 0 radical (unpaired) electrons. The average Bonchev–Trinajstić information content (AvgIpc) is 3.55. The molecule has 9 rings (SSSR count). The molecule has 0 N–H and O–H groups in total. The smallest absolute Gasteiger partial charge is 0.145 e. The van der Waals surface area contributed by atoms with Crippen molar-refractivity contribution < 1.29 is 0 Å². The van der Waals surface area contributed by atoms with Crippen LogP contribution in [-0.4, -0.2) is 9.55 Å². The summed E-state index contributed by atoms with van der Waals surface area (Å²) in [7, 11) is 0. The van der Waals surface area contributed by atoms with Crippen molar-refractivity contribution in [3.05, 3.63) is 188 Å². The van der Waals surface area contributed by atoms with Crippen LogP contribution in [0.5, 0.6) is 0 Å². The number of anilines is 3. The molecule has 0 saturated carbocycles. The summed E-state index contributed by atoms with van der Waals surface area (Å²) in [5, 5.41) is 4.90. The number of hydrogen-bond donors (Lipinski definition) is 0. The van der Waals surface area contributed by atoms with Crippen molar-refractivity contribution in [2.24, 2.45) is 0 Å². The zero-order valence-electron chi connectivity index (χ0n) is 26.2. The molecule has 0 spiro atoms. The van der Waals surface area contributed by atoms with Gasteiger partial charge in [-0.15, -0.1) is 0 Å². The third-order valence-corrected chi connectivity index (χ3v) is 9.14. The molecule has 226 valence electrons. The van der Waals surface area contributed by atoms with E-state index < -0.39 is 0 Å². The van der Waals surface area contributed by atoms with Gasteiger partial charge in [-0.2, -0.15) is 0 Å². The van der Waals surface area contributed by atoms with Crippen LogP contribution in [0.2, 0.25) is 0 Å². The highest BCUT2D eigenvalue weighted by atomic mass is 15.1. The molecule has 0 aliphatic carbocycles. The largest absolute Gasteiger partial charge is 0.310 e. The number of fused-ring (bicyclic) bond motifs is 3. The van der Waals surface area contributed by atoms with E-state index in [9.17, 15) is 0 Å². The molecule has 1 heterocycles. The van der Waals surface area contributed by atoms with E-state index in [-0.39, 0.29) is 0 Å². The van der Waals surface area contributed by atoms with E-state index >= 15 is 0 Å². The second-order valence-electron chi connectivity index (χ2n) is 12.1. The highest BCUT2D eigenvalue weighted by molar-refractivity contribution is 5.93. The van der Waals surface area contributed by atoms with E-state index in [2.05, 4.69) is 185 Å². The molecule has 0 bridgehead atoms. The van der Waals surface area contributed by atoms with Crippen LogP contribution in [0.15, 0.2) is 188 Å². The summed E-state index contributed by atoms with van der Waals surface area (Å²) in [5.74, 6) is 0.936. The number of hydrogen-bond acceptors (Lipinski definition) is 2. The maximum atomic E-state index is 5.05. The van der Waals surface area contributed by atoms with Gasteiger partial charge in [0.25, 0.3) is 0 Å². The fraction of sp³-hybridized carbons (Fsp3) is 0. The first-order chi connectivity index (χ1) is 23.8. The Morgan fingerprint density at radius 2 is 0.938 bits per heavy atom. The van der Waals surface area contributed by atoms with E-state index in [0.717, 1.165) is 56.3 Å². The van der Waals surface area contributed by atoms with E-state index in [1.54, 1.807) is 0 Å². The van der Waals surface area contributed by atoms with Gasteiger partial charge in [-0.3, -0.25) is 4.57 Å². The molecule has 48 heavy (non-hydrogen) atoms. The van der Waals surface area contributed by atoms with Gasteiger partial charge in [0.05, 0.1) is 11.0 Å². The maximum absolute atomic E-state index is 5.05. The number of para-hydroxylation sites is 2. The number of benzene rings is 8. The van der Waals surface area contributed by atoms with Gasteiger partial charge in [-0.25, -0.2) is 4.98 Å². The van der Waals surface area contributed by atoms with Gasteiger partial charge in [0.15, 0.2) is 0 Å².